The Morgan fingerprint density at radius 3 is 2.58 bits per heavy atom. The molecule has 0 radical (unpaired) electrons. The molecule has 4 nitrogen and oxygen atoms in total. The predicted molar refractivity (Wildman–Crippen MR) is 42.5 cm³/mol. The van der Waals surface area contributed by atoms with Crippen molar-refractivity contribution in [2.45, 2.75) is 24.9 Å². The second-order valence-corrected chi connectivity index (χ2v) is 3.80. The lowest BCUT2D eigenvalue weighted by Gasteiger charge is -1.90. The molecule has 0 saturated heterocycles. The Kier molecular flexibility index (Phi) is 2.54. The van der Waals surface area contributed by atoms with Crippen molar-refractivity contribution in [1.82, 2.24) is 0 Å². The van der Waals surface area contributed by atoms with E-state index >= 15 is 0 Å². The Hall–Kier alpha value is -0.810. The Bertz CT molecular complexity index is 349. The minimum Gasteiger partial charge on any atom is -0.447 e. The normalized spacial score (nSPS) is 11.8. The van der Waals surface area contributed by atoms with Gasteiger partial charge >= 0.3 is 10.1 Å². The largest absolute Gasteiger partial charge is 0.447 e. The maximum absolute atomic E-state index is 10.5. The highest BCUT2D eigenvalue weighted by atomic mass is 32.2. The standard InChI is InChI=1S/C7H10O4S/c1-2-3-6-4-5-7(11-6)12(8,9)10/h4-5H,2-3H2,1H3,(H,8,9,10). The molecule has 12 heavy (non-hydrogen) atoms. The highest BCUT2D eigenvalue weighted by Gasteiger charge is 2.13. The van der Waals surface area contributed by atoms with Crippen LogP contribution in [0.3, 0.4) is 0 Å². The summed E-state index contributed by atoms with van der Waals surface area (Å²) in [5.41, 5.74) is 0. The van der Waals surface area contributed by atoms with Crippen molar-refractivity contribution in [3.8, 4) is 0 Å². The molecule has 1 heterocycles. The zero-order valence-corrected chi connectivity index (χ0v) is 7.47. The van der Waals surface area contributed by atoms with E-state index in [0.717, 1.165) is 6.42 Å². The molecule has 5 heteroatoms. The first kappa shape index (κ1) is 9.28. The molecule has 0 aliphatic carbocycles. The third-order valence-corrected chi connectivity index (χ3v) is 2.12. The second kappa shape index (κ2) is 3.28. The van der Waals surface area contributed by atoms with Crippen LogP contribution in [0.2, 0.25) is 0 Å². The van der Waals surface area contributed by atoms with Gasteiger partial charge in [-0.3, -0.25) is 4.55 Å². The fourth-order valence-electron chi connectivity index (χ4n) is 0.878. The van der Waals surface area contributed by atoms with Crippen LogP contribution in [0.25, 0.3) is 0 Å². The maximum Gasteiger partial charge on any atom is 0.328 e. The van der Waals surface area contributed by atoms with E-state index in [1.807, 2.05) is 6.92 Å². The van der Waals surface area contributed by atoms with Gasteiger partial charge in [0, 0.05) is 6.42 Å². The molecule has 0 fully saturated rings. The van der Waals surface area contributed by atoms with Gasteiger partial charge in [-0.25, -0.2) is 0 Å². The molecule has 68 valence electrons. The third-order valence-electron chi connectivity index (χ3n) is 1.39. The van der Waals surface area contributed by atoms with Gasteiger partial charge in [0.1, 0.15) is 5.76 Å². The van der Waals surface area contributed by atoms with Gasteiger partial charge < -0.3 is 4.42 Å². The molecule has 0 spiro atoms. The van der Waals surface area contributed by atoms with Gasteiger partial charge in [-0.15, -0.1) is 0 Å². The monoisotopic (exact) mass is 190 g/mol. The second-order valence-electron chi connectivity index (χ2n) is 2.45. The quantitative estimate of drug-likeness (QED) is 0.733. The summed E-state index contributed by atoms with van der Waals surface area (Å²) in [5, 5.41) is -0.383. The molecule has 0 aliphatic heterocycles. The summed E-state index contributed by atoms with van der Waals surface area (Å²) < 4.78 is 34.4. The van der Waals surface area contributed by atoms with Crippen LogP contribution in [0.1, 0.15) is 19.1 Å². The molecule has 1 rings (SSSR count). The van der Waals surface area contributed by atoms with Crippen molar-refractivity contribution < 1.29 is 17.4 Å². The Balaban J connectivity index is 2.92. The van der Waals surface area contributed by atoms with Gasteiger partial charge in [0.25, 0.3) is 0 Å². The summed E-state index contributed by atoms with van der Waals surface area (Å²) in [6.45, 7) is 1.95. The molecular formula is C7H10O4S. The average molecular weight is 190 g/mol. The molecule has 1 aromatic heterocycles. The van der Waals surface area contributed by atoms with Gasteiger partial charge in [0.15, 0.2) is 0 Å². The summed E-state index contributed by atoms with van der Waals surface area (Å²) >= 11 is 0. The smallest absolute Gasteiger partial charge is 0.328 e. The summed E-state index contributed by atoms with van der Waals surface area (Å²) in [7, 11) is -4.17. The highest BCUT2D eigenvalue weighted by Crippen LogP contribution is 2.14. The molecule has 0 atom stereocenters. The zero-order chi connectivity index (χ0) is 9.19. The van der Waals surface area contributed by atoms with Crippen LogP contribution in [-0.2, 0) is 16.5 Å². The van der Waals surface area contributed by atoms with E-state index in [1.165, 1.54) is 6.07 Å². The Labute approximate surface area is 70.9 Å². The Morgan fingerprint density at radius 2 is 2.17 bits per heavy atom. The predicted octanol–water partition coefficient (Wildman–Crippen LogP) is 1.48. The van der Waals surface area contributed by atoms with Gasteiger partial charge in [0.2, 0.25) is 5.09 Å². The summed E-state index contributed by atoms with van der Waals surface area (Å²) in [6.07, 6.45) is 1.55. The van der Waals surface area contributed by atoms with Crippen molar-refractivity contribution in [3.63, 3.8) is 0 Å². The lowest BCUT2D eigenvalue weighted by atomic mass is 10.3. The van der Waals surface area contributed by atoms with E-state index in [1.54, 1.807) is 6.07 Å². The van der Waals surface area contributed by atoms with Crippen LogP contribution in [0, 0.1) is 0 Å². The molecule has 0 aromatic carbocycles. The maximum atomic E-state index is 10.5. The van der Waals surface area contributed by atoms with E-state index in [9.17, 15) is 8.42 Å². The van der Waals surface area contributed by atoms with Crippen molar-refractivity contribution in [2.24, 2.45) is 0 Å². The van der Waals surface area contributed by atoms with Gasteiger partial charge in [-0.05, 0) is 18.6 Å². The van der Waals surface area contributed by atoms with Crippen LogP contribution in [0.4, 0.5) is 0 Å². The third kappa shape index (κ3) is 2.09. The van der Waals surface area contributed by atoms with E-state index in [2.05, 4.69) is 0 Å². The fraction of sp³-hybridized carbons (Fsp3) is 0.429. The fourth-order valence-corrected chi connectivity index (χ4v) is 1.33. The first-order chi connectivity index (χ1) is 5.54. The van der Waals surface area contributed by atoms with Crippen LogP contribution in [-0.4, -0.2) is 13.0 Å². The van der Waals surface area contributed by atoms with Gasteiger partial charge in [-0.2, -0.15) is 8.42 Å². The van der Waals surface area contributed by atoms with Crippen molar-refractivity contribution in [3.05, 3.63) is 17.9 Å². The molecule has 0 saturated carbocycles. The molecule has 0 bridgehead atoms. The molecule has 0 amide bonds. The Morgan fingerprint density at radius 1 is 1.50 bits per heavy atom. The van der Waals surface area contributed by atoms with E-state index in [-0.39, 0.29) is 5.09 Å². The highest BCUT2D eigenvalue weighted by molar-refractivity contribution is 7.85. The van der Waals surface area contributed by atoms with Crippen molar-refractivity contribution in [2.75, 3.05) is 0 Å². The van der Waals surface area contributed by atoms with Gasteiger partial charge in [-0.1, -0.05) is 6.92 Å². The number of furan rings is 1. The molecule has 0 aliphatic rings. The molecular weight excluding hydrogens is 180 g/mol. The lowest BCUT2D eigenvalue weighted by molar-refractivity contribution is 0.384. The minimum absolute atomic E-state index is 0.383. The van der Waals surface area contributed by atoms with E-state index < -0.39 is 10.1 Å². The molecule has 0 unspecified atom stereocenters. The van der Waals surface area contributed by atoms with Gasteiger partial charge in [0.05, 0.1) is 0 Å². The van der Waals surface area contributed by atoms with E-state index in [4.69, 9.17) is 8.97 Å². The number of hydrogen-bond donors (Lipinski definition) is 1. The lowest BCUT2D eigenvalue weighted by Crippen LogP contribution is -1.94. The summed E-state index contributed by atoms with van der Waals surface area (Å²) in [6, 6.07) is 2.80. The van der Waals surface area contributed by atoms with Crippen LogP contribution in [0.15, 0.2) is 21.6 Å². The summed E-state index contributed by atoms with van der Waals surface area (Å²) in [5.74, 6) is 0.574. The number of rotatable bonds is 3. The topological polar surface area (TPSA) is 67.5 Å². The first-order valence-corrected chi connectivity index (χ1v) is 5.04. The summed E-state index contributed by atoms with van der Waals surface area (Å²) in [4.78, 5) is 0. The molecule has 1 N–H and O–H groups in total. The van der Waals surface area contributed by atoms with Crippen molar-refractivity contribution in [1.29, 1.82) is 0 Å². The zero-order valence-electron chi connectivity index (χ0n) is 6.65. The number of aryl methyl sites for hydroxylation is 1. The van der Waals surface area contributed by atoms with Crippen molar-refractivity contribution >= 4 is 10.1 Å². The first-order valence-electron chi connectivity index (χ1n) is 3.60. The van der Waals surface area contributed by atoms with Crippen LogP contribution >= 0.6 is 0 Å². The van der Waals surface area contributed by atoms with Crippen LogP contribution in [0.5, 0.6) is 0 Å². The minimum atomic E-state index is -4.17. The molecule has 1 aromatic rings. The average Bonchev–Trinajstić information content (AvgIpc) is 2.35. The van der Waals surface area contributed by atoms with Crippen LogP contribution < -0.4 is 0 Å². The van der Waals surface area contributed by atoms with E-state index in [0.29, 0.717) is 12.2 Å². The SMILES string of the molecule is CCCc1ccc(S(=O)(=O)O)o1. The number of hydrogen-bond acceptors (Lipinski definition) is 3.